The van der Waals surface area contributed by atoms with Crippen LogP contribution in [0.15, 0.2) is 47.4 Å². The smallest absolute Gasteiger partial charge is 0.264 e. The summed E-state index contributed by atoms with van der Waals surface area (Å²) in [5.74, 6) is 1.08. The number of sulfonamides is 1. The van der Waals surface area contributed by atoms with Crippen LogP contribution >= 0.6 is 11.8 Å². The lowest BCUT2D eigenvalue weighted by atomic mass is 10.2. The highest BCUT2D eigenvalue weighted by molar-refractivity contribution is 8.00. The maximum Gasteiger partial charge on any atom is 0.264 e. The molecule has 1 N–H and O–H groups in total. The zero-order chi connectivity index (χ0) is 23.9. The van der Waals surface area contributed by atoms with Crippen molar-refractivity contribution in [2.75, 3.05) is 37.4 Å². The monoisotopic (exact) mass is 480 g/mol. The summed E-state index contributed by atoms with van der Waals surface area (Å²) >= 11 is 1.73. The molecule has 0 heterocycles. The standard InChI is InChI=1S/C23H32N2O5S2/c1-17-7-9-18(10-8-17)25(16-22(26)24-13-14-31-23(2,3)4)32(27,28)19-11-12-20(29-5)21(15-19)30-6/h7-12,15H,13-14,16H2,1-6H3,(H,24,26). The van der Waals surface area contributed by atoms with Gasteiger partial charge in [0, 0.05) is 23.1 Å². The molecule has 0 aliphatic heterocycles. The third-order valence-electron chi connectivity index (χ3n) is 4.51. The van der Waals surface area contributed by atoms with E-state index in [1.807, 2.05) is 19.1 Å². The average Bonchev–Trinajstić information content (AvgIpc) is 2.74. The van der Waals surface area contributed by atoms with Crippen molar-refractivity contribution in [2.24, 2.45) is 0 Å². The van der Waals surface area contributed by atoms with Gasteiger partial charge in [0.05, 0.1) is 24.8 Å². The van der Waals surface area contributed by atoms with E-state index in [1.165, 1.54) is 32.4 Å². The number of carbonyl (C=O) groups excluding carboxylic acids is 1. The summed E-state index contributed by atoms with van der Waals surface area (Å²) in [7, 11) is -1.12. The second-order valence-electron chi connectivity index (χ2n) is 8.17. The highest BCUT2D eigenvalue weighted by atomic mass is 32.2. The molecule has 2 rings (SSSR count). The van der Waals surface area contributed by atoms with Gasteiger partial charge in [-0.1, -0.05) is 38.5 Å². The molecule has 7 nitrogen and oxygen atoms in total. The van der Waals surface area contributed by atoms with Gasteiger partial charge in [-0.05, 0) is 31.2 Å². The molecule has 0 aliphatic carbocycles. The van der Waals surface area contributed by atoms with Crippen molar-refractivity contribution in [2.45, 2.75) is 37.3 Å². The first kappa shape index (κ1) is 25.9. The molecule has 2 aromatic rings. The van der Waals surface area contributed by atoms with Gasteiger partial charge in [0.25, 0.3) is 10.0 Å². The SMILES string of the molecule is COc1ccc(S(=O)(=O)N(CC(=O)NCCSC(C)(C)C)c2ccc(C)cc2)cc1OC. The number of hydrogen-bond acceptors (Lipinski definition) is 6. The van der Waals surface area contributed by atoms with Crippen molar-refractivity contribution in [1.29, 1.82) is 0 Å². The lowest BCUT2D eigenvalue weighted by Gasteiger charge is -2.25. The Morgan fingerprint density at radius 2 is 1.66 bits per heavy atom. The van der Waals surface area contributed by atoms with Crippen LogP contribution in [-0.4, -0.2) is 52.1 Å². The fourth-order valence-electron chi connectivity index (χ4n) is 2.86. The topological polar surface area (TPSA) is 84.9 Å². The van der Waals surface area contributed by atoms with Gasteiger partial charge < -0.3 is 14.8 Å². The Balaban J connectivity index is 2.31. The minimum absolute atomic E-state index is 0.00631. The molecule has 0 saturated heterocycles. The highest BCUT2D eigenvalue weighted by Crippen LogP contribution is 2.32. The Morgan fingerprint density at radius 3 is 2.22 bits per heavy atom. The molecular formula is C23H32N2O5S2. The predicted octanol–water partition coefficient (Wildman–Crippen LogP) is 3.86. The summed E-state index contributed by atoms with van der Waals surface area (Å²) in [5.41, 5.74) is 1.39. The molecule has 2 aromatic carbocycles. The van der Waals surface area contributed by atoms with Crippen LogP contribution in [0.5, 0.6) is 11.5 Å². The van der Waals surface area contributed by atoms with Gasteiger partial charge in [-0.2, -0.15) is 11.8 Å². The van der Waals surface area contributed by atoms with Gasteiger partial charge in [0.1, 0.15) is 6.54 Å². The molecule has 0 aliphatic rings. The molecule has 9 heteroatoms. The number of amides is 1. The van der Waals surface area contributed by atoms with Crippen LogP contribution in [0.1, 0.15) is 26.3 Å². The second kappa shape index (κ2) is 11.0. The molecule has 0 fully saturated rings. The molecule has 32 heavy (non-hydrogen) atoms. The number of thioether (sulfide) groups is 1. The number of carbonyl (C=O) groups is 1. The number of benzene rings is 2. The van der Waals surface area contributed by atoms with Gasteiger partial charge in [0.2, 0.25) is 5.91 Å². The third kappa shape index (κ3) is 7.06. The molecule has 0 radical (unpaired) electrons. The molecule has 176 valence electrons. The van der Waals surface area contributed by atoms with Crippen LogP contribution in [0.25, 0.3) is 0 Å². The molecule has 0 saturated carbocycles. The fraction of sp³-hybridized carbons (Fsp3) is 0.435. The van der Waals surface area contributed by atoms with E-state index in [2.05, 4.69) is 26.1 Å². The van der Waals surface area contributed by atoms with Crippen molar-refractivity contribution < 1.29 is 22.7 Å². The van der Waals surface area contributed by atoms with E-state index in [4.69, 9.17) is 9.47 Å². The Kier molecular flexibility index (Phi) is 8.86. The Hall–Kier alpha value is -2.39. The lowest BCUT2D eigenvalue weighted by Crippen LogP contribution is -2.41. The summed E-state index contributed by atoms with van der Waals surface area (Å²) in [5, 5.41) is 2.82. The van der Waals surface area contributed by atoms with Gasteiger partial charge in [-0.15, -0.1) is 0 Å². The summed E-state index contributed by atoms with van der Waals surface area (Å²) in [6.45, 7) is 8.35. The Morgan fingerprint density at radius 1 is 1.03 bits per heavy atom. The lowest BCUT2D eigenvalue weighted by molar-refractivity contribution is -0.119. The number of nitrogens with one attached hydrogen (secondary N) is 1. The molecule has 0 aromatic heterocycles. The van der Waals surface area contributed by atoms with E-state index < -0.39 is 10.0 Å². The van der Waals surface area contributed by atoms with Crippen LogP contribution in [0.3, 0.4) is 0 Å². The van der Waals surface area contributed by atoms with Gasteiger partial charge in [0.15, 0.2) is 11.5 Å². The normalized spacial score (nSPS) is 11.7. The minimum Gasteiger partial charge on any atom is -0.493 e. The summed E-state index contributed by atoms with van der Waals surface area (Å²) in [6, 6.07) is 11.4. The molecular weight excluding hydrogens is 448 g/mol. The number of ether oxygens (including phenoxy) is 2. The van der Waals surface area contributed by atoms with E-state index in [1.54, 1.807) is 23.9 Å². The van der Waals surface area contributed by atoms with Crippen molar-refractivity contribution in [3.05, 3.63) is 48.0 Å². The summed E-state index contributed by atoms with van der Waals surface area (Å²) in [4.78, 5) is 12.7. The zero-order valence-corrected chi connectivity index (χ0v) is 21.1. The molecule has 0 unspecified atom stereocenters. The number of hydrogen-bond donors (Lipinski definition) is 1. The first-order valence-electron chi connectivity index (χ1n) is 10.2. The Bertz CT molecular complexity index is 1020. The molecule has 0 spiro atoms. The van der Waals surface area contributed by atoms with E-state index in [9.17, 15) is 13.2 Å². The number of rotatable bonds is 10. The van der Waals surface area contributed by atoms with Crippen molar-refractivity contribution >= 4 is 33.4 Å². The highest BCUT2D eigenvalue weighted by Gasteiger charge is 2.28. The van der Waals surface area contributed by atoms with Crippen LogP contribution < -0.4 is 19.1 Å². The third-order valence-corrected chi connectivity index (χ3v) is 7.56. The first-order valence-corrected chi connectivity index (χ1v) is 12.6. The largest absolute Gasteiger partial charge is 0.493 e. The number of nitrogens with zero attached hydrogens (tertiary/aromatic N) is 1. The molecule has 1 amide bonds. The molecule has 0 bridgehead atoms. The van der Waals surface area contributed by atoms with E-state index >= 15 is 0 Å². The summed E-state index contributed by atoms with van der Waals surface area (Å²) in [6.07, 6.45) is 0. The Labute approximate surface area is 195 Å². The van der Waals surface area contributed by atoms with Crippen LogP contribution in [0, 0.1) is 6.92 Å². The number of aryl methyl sites for hydroxylation is 1. The molecule has 0 atom stereocenters. The van der Waals surface area contributed by atoms with Crippen LogP contribution in [0.2, 0.25) is 0 Å². The van der Waals surface area contributed by atoms with Gasteiger partial charge in [-0.3, -0.25) is 9.10 Å². The first-order chi connectivity index (χ1) is 15.0. The van der Waals surface area contributed by atoms with E-state index in [0.29, 0.717) is 23.7 Å². The fourth-order valence-corrected chi connectivity index (χ4v) is 5.12. The predicted molar refractivity (Wildman–Crippen MR) is 130 cm³/mol. The maximum absolute atomic E-state index is 13.5. The quantitative estimate of drug-likeness (QED) is 0.520. The van der Waals surface area contributed by atoms with Gasteiger partial charge >= 0.3 is 0 Å². The number of anilines is 1. The average molecular weight is 481 g/mol. The van der Waals surface area contributed by atoms with Crippen molar-refractivity contribution in [1.82, 2.24) is 5.32 Å². The van der Waals surface area contributed by atoms with Gasteiger partial charge in [-0.25, -0.2) is 8.42 Å². The van der Waals surface area contributed by atoms with Crippen LogP contribution in [-0.2, 0) is 14.8 Å². The van der Waals surface area contributed by atoms with E-state index in [-0.39, 0.29) is 22.1 Å². The van der Waals surface area contributed by atoms with Crippen molar-refractivity contribution in [3.8, 4) is 11.5 Å². The van der Waals surface area contributed by atoms with Crippen molar-refractivity contribution in [3.63, 3.8) is 0 Å². The number of methoxy groups -OCH3 is 2. The van der Waals surface area contributed by atoms with E-state index in [0.717, 1.165) is 15.6 Å². The zero-order valence-electron chi connectivity index (χ0n) is 19.5. The second-order valence-corrected chi connectivity index (χ2v) is 12.0. The summed E-state index contributed by atoms with van der Waals surface area (Å²) < 4.78 is 38.7. The minimum atomic E-state index is -4.04. The van der Waals surface area contributed by atoms with Crippen LogP contribution in [0.4, 0.5) is 5.69 Å². The maximum atomic E-state index is 13.5.